The summed E-state index contributed by atoms with van der Waals surface area (Å²) in [6, 6.07) is 16.0. The van der Waals surface area contributed by atoms with Crippen LogP contribution in [0, 0.1) is 0 Å². The van der Waals surface area contributed by atoms with Gasteiger partial charge in [0.15, 0.2) is 5.78 Å². The summed E-state index contributed by atoms with van der Waals surface area (Å²) in [5, 5.41) is 14.1. The summed E-state index contributed by atoms with van der Waals surface area (Å²) in [6.45, 7) is 0.00345. The van der Waals surface area contributed by atoms with Crippen LogP contribution in [0.25, 0.3) is 10.9 Å². The summed E-state index contributed by atoms with van der Waals surface area (Å²) >= 11 is 0. The number of nitrogens with one attached hydrogen (secondary N) is 1. The highest BCUT2D eigenvalue weighted by Crippen LogP contribution is 2.31. The summed E-state index contributed by atoms with van der Waals surface area (Å²) < 4.78 is 6.89. The van der Waals surface area contributed by atoms with Gasteiger partial charge in [0.25, 0.3) is 0 Å². The Morgan fingerprint density at radius 1 is 1.15 bits per heavy atom. The molecule has 5 rings (SSSR count). The normalized spacial score (nSPS) is 17.0. The molecule has 2 atom stereocenters. The molecular weight excluding hydrogens is 418 g/mol. The van der Waals surface area contributed by atoms with E-state index in [0.717, 1.165) is 16.5 Å². The quantitative estimate of drug-likeness (QED) is 0.449. The largest absolute Gasteiger partial charge is 0.497 e. The zero-order chi connectivity index (χ0) is 22.9. The highest BCUT2D eigenvalue weighted by Gasteiger charge is 2.32. The van der Waals surface area contributed by atoms with Crippen LogP contribution in [-0.2, 0) is 17.8 Å². The summed E-state index contributed by atoms with van der Waals surface area (Å²) in [5.74, 6) is 0.277. The Kier molecular flexibility index (Phi) is 5.40. The number of ketones is 1. The summed E-state index contributed by atoms with van der Waals surface area (Å²) in [6.07, 6.45) is 4.81. The van der Waals surface area contributed by atoms with Crippen molar-refractivity contribution in [3.8, 4) is 5.75 Å². The number of methoxy groups -OCH3 is 1. The number of aliphatic hydroxyl groups excluding tert-OH is 1. The number of ether oxygens (including phenoxy) is 1. The van der Waals surface area contributed by atoms with Crippen molar-refractivity contribution in [3.63, 3.8) is 0 Å². The SMILES string of the molecule is COc1ccc(C(=O)c2cn(CC(=O)N[C@H]3c4ccccc4C[C@@H]3O)c3cnccc23)cc1. The molecule has 0 fully saturated rings. The molecule has 0 spiro atoms. The summed E-state index contributed by atoms with van der Waals surface area (Å²) in [5.41, 5.74) is 3.70. The number of amides is 1. The van der Waals surface area contributed by atoms with E-state index in [9.17, 15) is 14.7 Å². The number of benzene rings is 2. The van der Waals surface area contributed by atoms with Gasteiger partial charge in [-0.2, -0.15) is 0 Å². The summed E-state index contributed by atoms with van der Waals surface area (Å²) in [7, 11) is 1.58. The zero-order valence-electron chi connectivity index (χ0n) is 18.1. The molecule has 7 heteroatoms. The smallest absolute Gasteiger partial charge is 0.240 e. The molecule has 0 aliphatic heterocycles. The Hall–Kier alpha value is -3.97. The highest BCUT2D eigenvalue weighted by atomic mass is 16.5. The standard InChI is InChI=1S/C26H23N3O4/c1-33-18-8-6-16(7-9-18)26(32)21-14-29(22-13-27-11-10-20(21)22)15-24(31)28-25-19-5-3-2-4-17(19)12-23(25)30/h2-11,13-14,23,25,30H,12,15H2,1H3,(H,28,31)/t23-,25-/m0/s1. The molecule has 2 aromatic carbocycles. The lowest BCUT2D eigenvalue weighted by Gasteiger charge is -2.18. The molecule has 0 bridgehead atoms. The topological polar surface area (TPSA) is 93.5 Å². The minimum atomic E-state index is -0.665. The van der Waals surface area contributed by atoms with Gasteiger partial charge in [-0.1, -0.05) is 24.3 Å². The average Bonchev–Trinajstić information content (AvgIpc) is 3.36. The van der Waals surface area contributed by atoms with Gasteiger partial charge < -0.3 is 19.7 Å². The number of fused-ring (bicyclic) bond motifs is 2. The van der Waals surface area contributed by atoms with Gasteiger partial charge in [0, 0.05) is 35.3 Å². The van der Waals surface area contributed by atoms with Crippen LogP contribution in [0.5, 0.6) is 5.75 Å². The molecule has 0 radical (unpaired) electrons. The maximum Gasteiger partial charge on any atom is 0.240 e. The number of nitrogens with zero attached hydrogens (tertiary/aromatic N) is 2. The van der Waals surface area contributed by atoms with Gasteiger partial charge in [-0.05, 0) is 41.5 Å². The van der Waals surface area contributed by atoms with Crippen LogP contribution in [0.3, 0.4) is 0 Å². The van der Waals surface area contributed by atoms with Gasteiger partial charge in [0.2, 0.25) is 5.91 Å². The Morgan fingerprint density at radius 3 is 2.73 bits per heavy atom. The number of rotatable bonds is 6. The molecule has 0 saturated heterocycles. The van der Waals surface area contributed by atoms with E-state index in [1.807, 2.05) is 24.3 Å². The lowest BCUT2D eigenvalue weighted by atomic mass is 10.0. The van der Waals surface area contributed by atoms with Crippen molar-refractivity contribution in [1.82, 2.24) is 14.9 Å². The van der Waals surface area contributed by atoms with Gasteiger partial charge in [-0.3, -0.25) is 14.6 Å². The second-order valence-electron chi connectivity index (χ2n) is 8.14. The van der Waals surface area contributed by atoms with E-state index >= 15 is 0 Å². The van der Waals surface area contributed by atoms with Crippen molar-refractivity contribution in [3.05, 3.63) is 95.4 Å². The van der Waals surface area contributed by atoms with Crippen LogP contribution in [0.2, 0.25) is 0 Å². The van der Waals surface area contributed by atoms with Crippen LogP contribution >= 0.6 is 0 Å². The van der Waals surface area contributed by atoms with Crippen LogP contribution in [0.1, 0.15) is 33.1 Å². The van der Waals surface area contributed by atoms with Crippen LogP contribution in [0.15, 0.2) is 73.2 Å². The third-order valence-electron chi connectivity index (χ3n) is 6.12. The number of carbonyl (C=O) groups is 2. The second kappa shape index (κ2) is 8.52. The van der Waals surface area contributed by atoms with E-state index in [2.05, 4.69) is 10.3 Å². The molecule has 2 aromatic heterocycles. The van der Waals surface area contributed by atoms with Gasteiger partial charge in [-0.15, -0.1) is 0 Å². The van der Waals surface area contributed by atoms with Gasteiger partial charge >= 0.3 is 0 Å². The van der Waals surface area contributed by atoms with Crippen molar-refractivity contribution in [2.24, 2.45) is 0 Å². The maximum absolute atomic E-state index is 13.2. The Labute approximate surface area is 190 Å². The van der Waals surface area contributed by atoms with Crippen molar-refractivity contribution in [2.75, 3.05) is 7.11 Å². The Morgan fingerprint density at radius 2 is 1.94 bits per heavy atom. The lowest BCUT2D eigenvalue weighted by molar-refractivity contribution is -0.123. The number of aliphatic hydroxyl groups is 1. The molecule has 1 amide bonds. The fraction of sp³-hybridized carbons (Fsp3) is 0.192. The predicted octanol–water partition coefficient (Wildman–Crippen LogP) is 3.05. The monoisotopic (exact) mass is 441 g/mol. The molecule has 33 heavy (non-hydrogen) atoms. The highest BCUT2D eigenvalue weighted by molar-refractivity contribution is 6.16. The van der Waals surface area contributed by atoms with E-state index < -0.39 is 12.1 Å². The van der Waals surface area contributed by atoms with Gasteiger partial charge in [0.1, 0.15) is 12.3 Å². The van der Waals surface area contributed by atoms with Crippen molar-refractivity contribution in [2.45, 2.75) is 25.1 Å². The molecule has 1 aliphatic carbocycles. The Bertz CT molecular complexity index is 1340. The van der Waals surface area contributed by atoms with E-state index in [-0.39, 0.29) is 18.2 Å². The van der Waals surface area contributed by atoms with E-state index in [1.165, 1.54) is 0 Å². The second-order valence-corrected chi connectivity index (χ2v) is 8.14. The molecule has 0 unspecified atom stereocenters. The molecular formula is C26H23N3O4. The molecule has 0 saturated carbocycles. The molecule has 2 heterocycles. The number of hydrogen-bond acceptors (Lipinski definition) is 5. The fourth-order valence-corrected chi connectivity index (χ4v) is 4.47. The number of pyridine rings is 1. The number of carbonyl (C=O) groups excluding carboxylic acids is 2. The van der Waals surface area contributed by atoms with Crippen molar-refractivity contribution in [1.29, 1.82) is 0 Å². The van der Waals surface area contributed by atoms with Gasteiger partial charge in [0.05, 0.1) is 31.0 Å². The van der Waals surface area contributed by atoms with E-state index in [4.69, 9.17) is 4.74 Å². The van der Waals surface area contributed by atoms with Crippen LogP contribution in [-0.4, -0.2) is 39.6 Å². The van der Waals surface area contributed by atoms with Crippen molar-refractivity contribution >= 4 is 22.6 Å². The maximum atomic E-state index is 13.2. The molecule has 166 valence electrons. The third kappa shape index (κ3) is 3.87. The zero-order valence-corrected chi connectivity index (χ0v) is 18.1. The molecule has 1 aliphatic rings. The van der Waals surface area contributed by atoms with Crippen molar-refractivity contribution < 1.29 is 19.4 Å². The lowest BCUT2D eigenvalue weighted by Crippen LogP contribution is -2.35. The minimum absolute atomic E-state index is 0.00345. The van der Waals surface area contributed by atoms with Crippen LogP contribution in [0.4, 0.5) is 0 Å². The van der Waals surface area contributed by atoms with E-state index in [1.54, 1.807) is 60.6 Å². The molecule has 2 N–H and O–H groups in total. The van der Waals surface area contributed by atoms with Gasteiger partial charge in [-0.25, -0.2) is 0 Å². The predicted molar refractivity (Wildman–Crippen MR) is 123 cm³/mol. The first-order valence-corrected chi connectivity index (χ1v) is 10.7. The first-order valence-electron chi connectivity index (χ1n) is 10.7. The average molecular weight is 441 g/mol. The van der Waals surface area contributed by atoms with Crippen LogP contribution < -0.4 is 10.1 Å². The first kappa shape index (κ1) is 20.9. The van der Waals surface area contributed by atoms with E-state index in [0.29, 0.717) is 28.8 Å². The molecule has 4 aromatic rings. The summed E-state index contributed by atoms with van der Waals surface area (Å²) in [4.78, 5) is 30.3. The fourth-order valence-electron chi connectivity index (χ4n) is 4.47. The first-order chi connectivity index (χ1) is 16.0. The number of hydrogen-bond donors (Lipinski definition) is 2. The minimum Gasteiger partial charge on any atom is -0.497 e. The Balaban J connectivity index is 1.41. The number of aromatic nitrogens is 2. The molecule has 7 nitrogen and oxygen atoms in total. The third-order valence-corrected chi connectivity index (χ3v) is 6.12.